The van der Waals surface area contributed by atoms with Crippen LogP contribution in [0.3, 0.4) is 0 Å². The van der Waals surface area contributed by atoms with Gasteiger partial charge in [-0.1, -0.05) is 0 Å². The van der Waals surface area contributed by atoms with E-state index >= 15 is 0 Å². The quantitative estimate of drug-likeness (QED) is 0.870. The number of nitrogens with zero attached hydrogens (tertiary/aromatic N) is 3. The molecule has 5 heteroatoms. The number of ether oxygens (including phenoxy) is 1. The van der Waals surface area contributed by atoms with Crippen molar-refractivity contribution in [2.45, 2.75) is 26.3 Å². The fourth-order valence-electron chi connectivity index (χ4n) is 2.95. The minimum atomic E-state index is 0.556. The molecule has 2 rings (SSSR count). The molecule has 0 aliphatic carbocycles. The topological polar surface area (TPSA) is 56.3 Å². The monoisotopic (exact) mass is 252 g/mol. The van der Waals surface area contributed by atoms with Crippen LogP contribution in [0, 0.1) is 12.8 Å². The van der Waals surface area contributed by atoms with Gasteiger partial charge in [0.05, 0.1) is 12.3 Å². The van der Waals surface area contributed by atoms with E-state index in [9.17, 15) is 0 Å². The van der Waals surface area contributed by atoms with E-state index < -0.39 is 0 Å². The third kappa shape index (κ3) is 2.52. The van der Waals surface area contributed by atoms with E-state index in [-0.39, 0.29) is 0 Å². The first-order valence-corrected chi connectivity index (χ1v) is 6.63. The second kappa shape index (κ2) is 5.71. The van der Waals surface area contributed by atoms with Gasteiger partial charge < -0.3 is 15.4 Å². The van der Waals surface area contributed by atoms with Gasteiger partial charge in [0, 0.05) is 39.4 Å². The van der Waals surface area contributed by atoms with Gasteiger partial charge in [0.15, 0.2) is 0 Å². The van der Waals surface area contributed by atoms with Gasteiger partial charge in [-0.05, 0) is 25.7 Å². The van der Waals surface area contributed by atoms with Crippen LogP contribution in [0.5, 0.6) is 0 Å². The molecule has 0 bridgehead atoms. The summed E-state index contributed by atoms with van der Waals surface area (Å²) in [5.41, 5.74) is 8.08. The summed E-state index contributed by atoms with van der Waals surface area (Å²) in [5.74, 6) is 1.81. The molecule has 1 saturated heterocycles. The Morgan fingerprint density at radius 1 is 1.50 bits per heavy atom. The molecule has 1 fully saturated rings. The first kappa shape index (κ1) is 13.4. The van der Waals surface area contributed by atoms with Crippen molar-refractivity contribution in [1.82, 2.24) is 9.78 Å². The van der Waals surface area contributed by atoms with Crippen LogP contribution in [-0.2, 0) is 18.3 Å². The predicted molar refractivity (Wildman–Crippen MR) is 72.6 cm³/mol. The summed E-state index contributed by atoms with van der Waals surface area (Å²) in [4.78, 5) is 2.41. The number of methoxy groups -OCH3 is 1. The minimum absolute atomic E-state index is 0.556. The maximum Gasteiger partial charge on any atom is 0.131 e. The molecule has 1 aliphatic rings. The highest BCUT2D eigenvalue weighted by molar-refractivity contribution is 5.50. The van der Waals surface area contributed by atoms with Gasteiger partial charge in [-0.25, -0.2) is 0 Å². The molecule has 1 aliphatic heterocycles. The summed E-state index contributed by atoms with van der Waals surface area (Å²) in [6.45, 7) is 5.56. The molecule has 102 valence electrons. The highest BCUT2D eigenvalue weighted by Crippen LogP contribution is 2.27. The number of aromatic nitrogens is 2. The van der Waals surface area contributed by atoms with E-state index in [1.54, 1.807) is 7.11 Å². The molecule has 18 heavy (non-hydrogen) atoms. The fourth-order valence-corrected chi connectivity index (χ4v) is 2.95. The van der Waals surface area contributed by atoms with E-state index in [4.69, 9.17) is 10.5 Å². The normalized spacial score (nSPS) is 20.4. The Kier molecular flexibility index (Phi) is 4.24. The van der Waals surface area contributed by atoms with Gasteiger partial charge >= 0.3 is 0 Å². The molecular weight excluding hydrogens is 228 g/mol. The Balaban J connectivity index is 2.20. The van der Waals surface area contributed by atoms with Crippen LogP contribution in [0.25, 0.3) is 0 Å². The molecule has 0 amide bonds. The van der Waals surface area contributed by atoms with E-state index in [1.807, 2.05) is 18.7 Å². The van der Waals surface area contributed by atoms with Crippen LogP contribution in [0.1, 0.15) is 24.1 Å². The number of piperidine rings is 1. The van der Waals surface area contributed by atoms with Crippen molar-refractivity contribution >= 4 is 5.82 Å². The van der Waals surface area contributed by atoms with Gasteiger partial charge in [-0.3, -0.25) is 4.68 Å². The van der Waals surface area contributed by atoms with Gasteiger partial charge in [0.2, 0.25) is 0 Å². The lowest BCUT2D eigenvalue weighted by Gasteiger charge is -2.34. The van der Waals surface area contributed by atoms with Crippen LogP contribution in [0.15, 0.2) is 0 Å². The lowest BCUT2D eigenvalue weighted by Crippen LogP contribution is -2.38. The number of nitrogens with two attached hydrogens (primary N) is 1. The van der Waals surface area contributed by atoms with E-state index in [0.717, 1.165) is 25.4 Å². The van der Waals surface area contributed by atoms with Crippen molar-refractivity contribution in [3.63, 3.8) is 0 Å². The predicted octanol–water partition coefficient (Wildman–Crippen LogP) is 1.05. The molecule has 2 N–H and O–H groups in total. The second-order valence-corrected chi connectivity index (χ2v) is 5.12. The lowest BCUT2D eigenvalue weighted by molar-refractivity contribution is 0.143. The van der Waals surface area contributed by atoms with Crippen LogP contribution >= 0.6 is 0 Å². The zero-order chi connectivity index (χ0) is 13.1. The standard InChI is InChI=1S/C13H24N4O/c1-10-12(7-14)13(16(2)15-10)17-6-4-5-11(8-17)9-18-3/h11H,4-9,14H2,1-3H3. The smallest absolute Gasteiger partial charge is 0.131 e. The molecule has 1 atom stereocenters. The molecule has 0 spiro atoms. The minimum Gasteiger partial charge on any atom is -0.384 e. The molecule has 1 aromatic heterocycles. The summed E-state index contributed by atoms with van der Waals surface area (Å²) >= 11 is 0. The molecule has 5 nitrogen and oxygen atoms in total. The Hall–Kier alpha value is -1.07. The maximum absolute atomic E-state index is 5.86. The Morgan fingerprint density at radius 3 is 2.94 bits per heavy atom. The van der Waals surface area contributed by atoms with Crippen molar-refractivity contribution in [2.24, 2.45) is 18.7 Å². The molecule has 0 aromatic carbocycles. The largest absolute Gasteiger partial charge is 0.384 e. The van der Waals surface area contributed by atoms with Gasteiger partial charge in [0.25, 0.3) is 0 Å². The van der Waals surface area contributed by atoms with E-state index in [1.165, 1.54) is 24.2 Å². The van der Waals surface area contributed by atoms with E-state index in [0.29, 0.717) is 12.5 Å². The van der Waals surface area contributed by atoms with Crippen molar-refractivity contribution in [3.05, 3.63) is 11.3 Å². The summed E-state index contributed by atoms with van der Waals surface area (Å²) in [5, 5.41) is 4.49. The average Bonchev–Trinajstić information content (AvgIpc) is 2.64. The van der Waals surface area contributed by atoms with Crippen molar-refractivity contribution in [3.8, 4) is 0 Å². The van der Waals surface area contributed by atoms with Crippen LogP contribution in [0.4, 0.5) is 5.82 Å². The van der Waals surface area contributed by atoms with Gasteiger partial charge in [-0.15, -0.1) is 0 Å². The summed E-state index contributed by atoms with van der Waals surface area (Å²) in [6, 6.07) is 0. The maximum atomic E-state index is 5.86. The number of rotatable bonds is 4. The Labute approximate surface area is 109 Å². The molecule has 0 saturated carbocycles. The van der Waals surface area contributed by atoms with Crippen molar-refractivity contribution < 1.29 is 4.74 Å². The zero-order valence-corrected chi connectivity index (χ0v) is 11.6. The third-order valence-electron chi connectivity index (χ3n) is 3.74. The molecule has 2 heterocycles. The Bertz CT molecular complexity index is 400. The molecule has 1 aromatic rings. The zero-order valence-electron chi connectivity index (χ0n) is 11.6. The Morgan fingerprint density at radius 2 is 2.28 bits per heavy atom. The van der Waals surface area contributed by atoms with Crippen LogP contribution in [0.2, 0.25) is 0 Å². The third-order valence-corrected chi connectivity index (χ3v) is 3.74. The number of hydrogen-bond donors (Lipinski definition) is 1. The van der Waals surface area contributed by atoms with Crippen molar-refractivity contribution in [1.29, 1.82) is 0 Å². The van der Waals surface area contributed by atoms with Gasteiger partial charge in [-0.2, -0.15) is 5.10 Å². The first-order valence-electron chi connectivity index (χ1n) is 6.63. The van der Waals surface area contributed by atoms with Crippen LogP contribution < -0.4 is 10.6 Å². The summed E-state index contributed by atoms with van der Waals surface area (Å²) in [7, 11) is 3.78. The fraction of sp³-hybridized carbons (Fsp3) is 0.769. The average molecular weight is 252 g/mol. The lowest BCUT2D eigenvalue weighted by atomic mass is 9.98. The summed E-state index contributed by atoms with van der Waals surface area (Å²) < 4.78 is 7.25. The van der Waals surface area contributed by atoms with E-state index in [2.05, 4.69) is 10.00 Å². The molecule has 0 radical (unpaired) electrons. The second-order valence-electron chi connectivity index (χ2n) is 5.12. The highest BCUT2D eigenvalue weighted by Gasteiger charge is 2.24. The van der Waals surface area contributed by atoms with Crippen LogP contribution in [-0.4, -0.2) is 36.6 Å². The molecular formula is C13H24N4O. The number of aryl methyl sites for hydroxylation is 2. The highest BCUT2D eigenvalue weighted by atomic mass is 16.5. The summed E-state index contributed by atoms with van der Waals surface area (Å²) in [6.07, 6.45) is 2.46. The van der Waals surface area contributed by atoms with Crippen molar-refractivity contribution in [2.75, 3.05) is 31.7 Å². The number of hydrogen-bond acceptors (Lipinski definition) is 4. The SMILES string of the molecule is COCC1CCCN(c2c(CN)c(C)nn2C)C1. The molecule has 1 unspecified atom stereocenters. The number of anilines is 1. The first-order chi connectivity index (χ1) is 8.67. The van der Waals surface area contributed by atoms with Gasteiger partial charge in [0.1, 0.15) is 5.82 Å².